The summed E-state index contributed by atoms with van der Waals surface area (Å²) >= 11 is 1.80. The molecule has 0 aliphatic heterocycles. The Hall–Kier alpha value is -6.94. The molecule has 3 heterocycles. The topological polar surface area (TPSA) is 67.4 Å². The molecule has 0 aliphatic rings. The summed E-state index contributed by atoms with van der Waals surface area (Å²) in [5.41, 5.74) is 8.92. The highest BCUT2D eigenvalue weighted by molar-refractivity contribution is 7.26. The van der Waals surface area contributed by atoms with E-state index in [-0.39, 0.29) is 0 Å². The van der Waals surface area contributed by atoms with Crippen LogP contribution in [0.2, 0.25) is 0 Å². The molecule has 3 aromatic heterocycles. The van der Waals surface area contributed by atoms with Crippen molar-refractivity contribution >= 4 is 53.3 Å². The number of benzene rings is 7. The maximum Gasteiger partial charge on any atom is 0.164 e. The van der Waals surface area contributed by atoms with Crippen LogP contribution >= 0.6 is 11.3 Å². The van der Waals surface area contributed by atoms with E-state index in [0.717, 1.165) is 44.2 Å². The Bertz CT molecular complexity index is 3010. The maximum atomic E-state index is 9.79. The van der Waals surface area contributed by atoms with E-state index in [1.165, 1.54) is 31.3 Å². The molecule has 0 saturated heterocycles. The van der Waals surface area contributed by atoms with E-state index in [4.69, 9.17) is 15.0 Å². The summed E-state index contributed by atoms with van der Waals surface area (Å²) in [6.07, 6.45) is 0. The van der Waals surface area contributed by atoms with Crippen molar-refractivity contribution in [1.29, 1.82) is 5.26 Å². The Balaban J connectivity index is 1.16. The molecule has 5 nitrogen and oxygen atoms in total. The van der Waals surface area contributed by atoms with E-state index >= 15 is 0 Å². The summed E-state index contributed by atoms with van der Waals surface area (Å²) in [7, 11) is 0. The molecule has 0 radical (unpaired) electrons. The number of nitriles is 1. The van der Waals surface area contributed by atoms with E-state index in [1.54, 1.807) is 11.3 Å². The molecule has 7 aromatic carbocycles. The molecule has 0 unspecified atom stereocenters. The highest BCUT2D eigenvalue weighted by Crippen LogP contribution is 2.41. The van der Waals surface area contributed by atoms with Gasteiger partial charge < -0.3 is 4.57 Å². The largest absolute Gasteiger partial charge is 0.309 e. The first-order chi connectivity index (χ1) is 25.7. The Kier molecular flexibility index (Phi) is 6.98. The average Bonchev–Trinajstić information content (AvgIpc) is 3.76. The van der Waals surface area contributed by atoms with Crippen LogP contribution in [0.4, 0.5) is 0 Å². The number of hydrogen-bond acceptors (Lipinski definition) is 5. The second-order valence-electron chi connectivity index (χ2n) is 12.8. The summed E-state index contributed by atoms with van der Waals surface area (Å²) in [5, 5.41) is 14.3. The minimum atomic E-state index is 0.589. The van der Waals surface area contributed by atoms with Crippen LogP contribution in [0.15, 0.2) is 164 Å². The Morgan fingerprint density at radius 2 is 1.06 bits per heavy atom. The normalized spacial score (nSPS) is 11.4. The van der Waals surface area contributed by atoms with Crippen LogP contribution in [0, 0.1) is 11.3 Å². The SMILES string of the molecule is N#Cc1ccc2c(c1)c1cc(-c3nc(-c4ccccc4)nc(-c4ccc5c(c4)sc4c(-c6ccccc6)cccc45)n3)ccc1n2-c1ccccc1. The molecule has 0 aliphatic carbocycles. The quantitative estimate of drug-likeness (QED) is 0.181. The number of hydrogen-bond donors (Lipinski definition) is 0. The molecule has 10 rings (SSSR count). The van der Waals surface area contributed by atoms with Gasteiger partial charge in [-0.05, 0) is 65.7 Å². The van der Waals surface area contributed by atoms with Crippen molar-refractivity contribution in [3.63, 3.8) is 0 Å². The number of rotatable bonds is 5. The zero-order valence-electron chi connectivity index (χ0n) is 27.7. The summed E-state index contributed by atoms with van der Waals surface area (Å²) in [4.78, 5) is 15.2. The Labute approximate surface area is 303 Å². The van der Waals surface area contributed by atoms with Crippen LogP contribution in [0.25, 0.3) is 93.0 Å². The lowest BCUT2D eigenvalue weighted by molar-refractivity contribution is 1.07. The van der Waals surface area contributed by atoms with Gasteiger partial charge in [0.05, 0.1) is 22.7 Å². The fourth-order valence-corrected chi connectivity index (χ4v) is 8.50. The molecule has 0 saturated carbocycles. The van der Waals surface area contributed by atoms with Crippen molar-refractivity contribution < 1.29 is 0 Å². The molecule has 0 fully saturated rings. The highest BCUT2D eigenvalue weighted by atomic mass is 32.1. The lowest BCUT2D eigenvalue weighted by Gasteiger charge is -2.10. The van der Waals surface area contributed by atoms with E-state index in [1.807, 2.05) is 66.7 Å². The average molecular weight is 682 g/mol. The highest BCUT2D eigenvalue weighted by Gasteiger charge is 2.18. The molecular formula is C46H27N5S. The number of aromatic nitrogens is 4. The Morgan fingerprint density at radius 1 is 0.462 bits per heavy atom. The first kappa shape index (κ1) is 29.9. The number of thiophene rings is 1. The van der Waals surface area contributed by atoms with Gasteiger partial charge in [0.1, 0.15) is 0 Å². The van der Waals surface area contributed by atoms with Crippen LogP contribution < -0.4 is 0 Å². The zero-order chi connectivity index (χ0) is 34.6. The predicted octanol–water partition coefficient (Wildman–Crippen LogP) is 11.9. The molecule has 0 amide bonds. The smallest absolute Gasteiger partial charge is 0.164 e. The molecule has 242 valence electrons. The lowest BCUT2D eigenvalue weighted by Crippen LogP contribution is -2.00. The molecular weight excluding hydrogens is 655 g/mol. The molecule has 0 atom stereocenters. The van der Waals surface area contributed by atoms with Gasteiger partial charge in [-0.2, -0.15) is 5.26 Å². The van der Waals surface area contributed by atoms with Gasteiger partial charge in [-0.25, -0.2) is 15.0 Å². The fraction of sp³-hybridized carbons (Fsp3) is 0. The summed E-state index contributed by atoms with van der Waals surface area (Å²) in [6.45, 7) is 0. The maximum absolute atomic E-state index is 9.79. The van der Waals surface area contributed by atoms with Crippen molar-refractivity contribution in [3.05, 3.63) is 169 Å². The second-order valence-corrected chi connectivity index (χ2v) is 13.8. The number of nitrogens with zero attached hydrogens (tertiary/aromatic N) is 5. The standard InChI is InChI=1S/C46H27N5S/c47-28-29-19-23-40-38(25-29)39-26-32(21-24-41(39)51(40)34-15-8-3-9-16-34)45-48-44(31-13-6-2-7-14-31)49-46(50-45)33-20-22-36-37-18-10-17-35(30-11-4-1-5-12-30)43(37)52-42(36)27-33/h1-27H. The number of fused-ring (bicyclic) bond motifs is 6. The van der Waals surface area contributed by atoms with Gasteiger partial charge >= 0.3 is 0 Å². The van der Waals surface area contributed by atoms with Gasteiger partial charge in [0.15, 0.2) is 17.5 Å². The third-order valence-corrected chi connectivity index (χ3v) is 10.9. The third kappa shape index (κ3) is 4.95. The summed E-state index contributed by atoms with van der Waals surface area (Å²) in [5.74, 6) is 1.82. The summed E-state index contributed by atoms with van der Waals surface area (Å²) < 4.78 is 4.69. The minimum absolute atomic E-state index is 0.589. The molecule has 6 heteroatoms. The zero-order valence-corrected chi connectivity index (χ0v) is 28.5. The predicted molar refractivity (Wildman–Crippen MR) is 214 cm³/mol. The van der Waals surface area contributed by atoms with Crippen molar-refractivity contribution in [2.75, 3.05) is 0 Å². The first-order valence-electron chi connectivity index (χ1n) is 17.1. The van der Waals surface area contributed by atoms with E-state index in [9.17, 15) is 5.26 Å². The molecule has 0 bridgehead atoms. The van der Waals surface area contributed by atoms with E-state index < -0.39 is 0 Å². The van der Waals surface area contributed by atoms with Gasteiger partial charge in [0.25, 0.3) is 0 Å². The fourth-order valence-electron chi connectivity index (χ4n) is 7.22. The van der Waals surface area contributed by atoms with Gasteiger partial charge in [0, 0.05) is 53.3 Å². The molecule has 0 N–H and O–H groups in total. The lowest BCUT2D eigenvalue weighted by atomic mass is 10.0. The third-order valence-electron chi connectivity index (χ3n) is 9.68. The Morgan fingerprint density at radius 3 is 1.77 bits per heavy atom. The number of para-hydroxylation sites is 1. The van der Waals surface area contributed by atoms with Crippen molar-refractivity contribution in [3.8, 4) is 57.0 Å². The van der Waals surface area contributed by atoms with Crippen LogP contribution in [-0.4, -0.2) is 19.5 Å². The van der Waals surface area contributed by atoms with Crippen LogP contribution in [0.5, 0.6) is 0 Å². The van der Waals surface area contributed by atoms with Gasteiger partial charge in [-0.1, -0.05) is 109 Å². The van der Waals surface area contributed by atoms with Crippen LogP contribution in [-0.2, 0) is 0 Å². The molecule has 10 aromatic rings. The van der Waals surface area contributed by atoms with E-state index in [0.29, 0.717) is 23.0 Å². The molecule has 0 spiro atoms. The van der Waals surface area contributed by atoms with Crippen molar-refractivity contribution in [1.82, 2.24) is 19.5 Å². The minimum Gasteiger partial charge on any atom is -0.309 e. The van der Waals surface area contributed by atoms with Gasteiger partial charge in [0.2, 0.25) is 0 Å². The van der Waals surface area contributed by atoms with Crippen LogP contribution in [0.1, 0.15) is 5.56 Å². The van der Waals surface area contributed by atoms with Gasteiger partial charge in [-0.15, -0.1) is 11.3 Å². The molecule has 52 heavy (non-hydrogen) atoms. The first-order valence-corrected chi connectivity index (χ1v) is 17.9. The van der Waals surface area contributed by atoms with Crippen molar-refractivity contribution in [2.45, 2.75) is 0 Å². The van der Waals surface area contributed by atoms with Crippen molar-refractivity contribution in [2.24, 2.45) is 0 Å². The van der Waals surface area contributed by atoms with E-state index in [2.05, 4.69) is 108 Å². The monoisotopic (exact) mass is 681 g/mol. The second kappa shape index (κ2) is 12.1. The van der Waals surface area contributed by atoms with Gasteiger partial charge in [-0.3, -0.25) is 0 Å². The van der Waals surface area contributed by atoms with Crippen LogP contribution in [0.3, 0.4) is 0 Å². The summed E-state index contributed by atoms with van der Waals surface area (Å²) in [6, 6.07) is 58.6.